The third-order valence-corrected chi connectivity index (χ3v) is 3.15. The summed E-state index contributed by atoms with van der Waals surface area (Å²) in [5.41, 5.74) is 0.991. The summed E-state index contributed by atoms with van der Waals surface area (Å²) < 4.78 is 0. The second kappa shape index (κ2) is 4.70. The fourth-order valence-corrected chi connectivity index (χ4v) is 2.36. The van der Waals surface area contributed by atoms with Gasteiger partial charge >= 0.3 is 0 Å². The van der Waals surface area contributed by atoms with Gasteiger partial charge in [-0.05, 0) is 6.07 Å². The zero-order chi connectivity index (χ0) is 11.5. The van der Waals surface area contributed by atoms with E-state index < -0.39 is 0 Å². The van der Waals surface area contributed by atoms with Gasteiger partial charge in [0, 0.05) is 17.7 Å². The maximum absolute atomic E-state index is 4.50. The van der Waals surface area contributed by atoms with Crippen LogP contribution >= 0.6 is 11.8 Å². The van der Waals surface area contributed by atoms with Gasteiger partial charge in [-0.25, -0.2) is 9.97 Å². The molecule has 0 aliphatic carbocycles. The van der Waals surface area contributed by atoms with Gasteiger partial charge in [0.25, 0.3) is 0 Å². The normalized spacial score (nSPS) is 11.0. The van der Waals surface area contributed by atoms with E-state index in [1.165, 1.54) is 0 Å². The van der Waals surface area contributed by atoms with E-state index >= 15 is 0 Å². The number of thioether (sulfide) groups is 1. The number of nitrogens with zero attached hydrogens (tertiary/aromatic N) is 2. The SMILES string of the molecule is CNc1nc(SC(C)C)c2ccccc2n1. The van der Waals surface area contributed by atoms with E-state index in [2.05, 4.69) is 35.2 Å². The van der Waals surface area contributed by atoms with Gasteiger partial charge in [-0.2, -0.15) is 0 Å². The highest BCUT2D eigenvalue weighted by Crippen LogP contribution is 2.28. The van der Waals surface area contributed by atoms with Crippen LogP contribution in [-0.2, 0) is 0 Å². The Morgan fingerprint density at radius 2 is 1.94 bits per heavy atom. The molecule has 4 heteroatoms. The van der Waals surface area contributed by atoms with Crippen LogP contribution in [0.2, 0.25) is 0 Å². The second-order valence-corrected chi connectivity index (χ2v) is 5.35. The highest BCUT2D eigenvalue weighted by Gasteiger charge is 2.08. The summed E-state index contributed by atoms with van der Waals surface area (Å²) >= 11 is 1.77. The summed E-state index contributed by atoms with van der Waals surface area (Å²) in [6, 6.07) is 8.11. The fraction of sp³-hybridized carbons (Fsp3) is 0.333. The molecule has 16 heavy (non-hydrogen) atoms. The number of hydrogen-bond acceptors (Lipinski definition) is 4. The smallest absolute Gasteiger partial charge is 0.224 e. The fourth-order valence-electron chi connectivity index (χ4n) is 1.47. The van der Waals surface area contributed by atoms with Crippen molar-refractivity contribution < 1.29 is 0 Å². The van der Waals surface area contributed by atoms with Crippen molar-refractivity contribution in [2.24, 2.45) is 0 Å². The Balaban J connectivity index is 2.59. The van der Waals surface area contributed by atoms with E-state index in [4.69, 9.17) is 0 Å². The largest absolute Gasteiger partial charge is 0.357 e. The van der Waals surface area contributed by atoms with Crippen molar-refractivity contribution in [2.45, 2.75) is 24.1 Å². The molecule has 0 radical (unpaired) electrons. The van der Waals surface area contributed by atoms with Gasteiger partial charge in [-0.15, -0.1) is 11.8 Å². The molecule has 0 fully saturated rings. The number of para-hydroxylation sites is 1. The predicted molar refractivity (Wildman–Crippen MR) is 70.1 cm³/mol. The molecule has 0 saturated carbocycles. The van der Waals surface area contributed by atoms with Gasteiger partial charge in [-0.1, -0.05) is 32.0 Å². The first-order chi connectivity index (χ1) is 7.70. The number of benzene rings is 1. The van der Waals surface area contributed by atoms with Gasteiger partial charge < -0.3 is 5.32 Å². The Morgan fingerprint density at radius 3 is 2.62 bits per heavy atom. The van der Waals surface area contributed by atoms with Crippen LogP contribution in [0.4, 0.5) is 5.95 Å². The van der Waals surface area contributed by atoms with Crippen molar-refractivity contribution in [1.82, 2.24) is 9.97 Å². The molecule has 0 atom stereocenters. The summed E-state index contributed by atoms with van der Waals surface area (Å²) in [6.45, 7) is 4.33. The van der Waals surface area contributed by atoms with Crippen molar-refractivity contribution >= 4 is 28.6 Å². The van der Waals surface area contributed by atoms with E-state index in [0.29, 0.717) is 11.2 Å². The molecular weight excluding hydrogens is 218 g/mol. The Hall–Kier alpha value is -1.29. The van der Waals surface area contributed by atoms with Gasteiger partial charge in [0.1, 0.15) is 5.03 Å². The predicted octanol–water partition coefficient (Wildman–Crippen LogP) is 3.17. The first-order valence-corrected chi connectivity index (χ1v) is 6.20. The van der Waals surface area contributed by atoms with Crippen LogP contribution in [0.1, 0.15) is 13.8 Å². The highest BCUT2D eigenvalue weighted by atomic mass is 32.2. The Morgan fingerprint density at radius 1 is 1.19 bits per heavy atom. The summed E-state index contributed by atoms with van der Waals surface area (Å²) in [5, 5.41) is 5.69. The lowest BCUT2D eigenvalue weighted by Gasteiger charge is -2.09. The number of anilines is 1. The lowest BCUT2D eigenvalue weighted by atomic mass is 10.2. The minimum absolute atomic E-state index is 0.517. The van der Waals surface area contributed by atoms with Crippen LogP contribution in [0.5, 0.6) is 0 Å². The van der Waals surface area contributed by atoms with Gasteiger partial charge in [0.15, 0.2) is 0 Å². The molecule has 0 aliphatic heterocycles. The Labute approximate surface area is 99.7 Å². The molecule has 2 rings (SSSR count). The third kappa shape index (κ3) is 2.27. The van der Waals surface area contributed by atoms with E-state index in [-0.39, 0.29) is 0 Å². The summed E-state index contributed by atoms with van der Waals surface area (Å²) in [7, 11) is 1.84. The molecule has 0 saturated heterocycles. The summed E-state index contributed by atoms with van der Waals surface area (Å²) in [6.07, 6.45) is 0. The maximum Gasteiger partial charge on any atom is 0.224 e. The molecule has 84 valence electrons. The Bertz CT molecular complexity index is 497. The van der Waals surface area contributed by atoms with Crippen LogP contribution < -0.4 is 5.32 Å². The average Bonchev–Trinajstić information content (AvgIpc) is 2.28. The lowest BCUT2D eigenvalue weighted by Crippen LogP contribution is -1.99. The number of aromatic nitrogens is 2. The highest BCUT2D eigenvalue weighted by molar-refractivity contribution is 8.00. The molecule has 1 heterocycles. The topological polar surface area (TPSA) is 37.8 Å². The van der Waals surface area contributed by atoms with Crippen LogP contribution in [0.25, 0.3) is 10.9 Å². The monoisotopic (exact) mass is 233 g/mol. The molecule has 1 aromatic heterocycles. The van der Waals surface area contributed by atoms with Crippen molar-refractivity contribution in [1.29, 1.82) is 0 Å². The van der Waals surface area contributed by atoms with Gasteiger partial charge in [0.2, 0.25) is 5.95 Å². The molecule has 0 unspecified atom stereocenters. The average molecular weight is 233 g/mol. The molecule has 1 aromatic carbocycles. The van der Waals surface area contributed by atoms with Crippen LogP contribution in [0, 0.1) is 0 Å². The zero-order valence-electron chi connectivity index (χ0n) is 9.69. The Kier molecular flexibility index (Phi) is 3.29. The van der Waals surface area contributed by atoms with Crippen molar-refractivity contribution in [3.8, 4) is 0 Å². The third-order valence-electron chi connectivity index (χ3n) is 2.14. The van der Waals surface area contributed by atoms with Gasteiger partial charge in [0.05, 0.1) is 5.52 Å². The minimum atomic E-state index is 0.517. The van der Waals surface area contributed by atoms with E-state index in [0.717, 1.165) is 15.9 Å². The number of fused-ring (bicyclic) bond motifs is 1. The lowest BCUT2D eigenvalue weighted by molar-refractivity contribution is 1.06. The first kappa shape index (κ1) is 11.2. The number of rotatable bonds is 3. The molecule has 0 bridgehead atoms. The summed E-state index contributed by atoms with van der Waals surface area (Å²) in [4.78, 5) is 8.93. The molecular formula is C12H15N3S. The molecule has 0 spiro atoms. The van der Waals surface area contributed by atoms with Crippen LogP contribution in [0.15, 0.2) is 29.3 Å². The molecule has 1 N–H and O–H groups in total. The molecule has 2 aromatic rings. The van der Waals surface area contributed by atoms with E-state index in [1.807, 2.05) is 25.2 Å². The molecule has 0 aliphatic rings. The number of hydrogen-bond donors (Lipinski definition) is 1. The van der Waals surface area contributed by atoms with E-state index in [9.17, 15) is 0 Å². The van der Waals surface area contributed by atoms with Crippen LogP contribution in [0.3, 0.4) is 0 Å². The van der Waals surface area contributed by atoms with Crippen molar-refractivity contribution in [2.75, 3.05) is 12.4 Å². The minimum Gasteiger partial charge on any atom is -0.357 e. The van der Waals surface area contributed by atoms with Crippen molar-refractivity contribution in [3.05, 3.63) is 24.3 Å². The second-order valence-electron chi connectivity index (χ2n) is 3.79. The first-order valence-electron chi connectivity index (χ1n) is 5.32. The number of nitrogens with one attached hydrogen (secondary N) is 1. The zero-order valence-corrected chi connectivity index (χ0v) is 10.5. The van der Waals surface area contributed by atoms with Crippen LogP contribution in [-0.4, -0.2) is 22.3 Å². The van der Waals surface area contributed by atoms with Crippen molar-refractivity contribution in [3.63, 3.8) is 0 Å². The molecule has 3 nitrogen and oxygen atoms in total. The standard InChI is InChI=1S/C12H15N3S/c1-8(2)16-11-9-6-4-5-7-10(9)14-12(13-3)15-11/h4-8H,1-3H3,(H,13,14,15). The van der Waals surface area contributed by atoms with Gasteiger partial charge in [-0.3, -0.25) is 0 Å². The van der Waals surface area contributed by atoms with E-state index in [1.54, 1.807) is 11.8 Å². The quantitative estimate of drug-likeness (QED) is 0.652. The summed E-state index contributed by atoms with van der Waals surface area (Å²) in [5.74, 6) is 0.682. The molecule has 0 amide bonds. The maximum atomic E-state index is 4.50.